The van der Waals surface area contributed by atoms with E-state index in [0.29, 0.717) is 11.1 Å². The van der Waals surface area contributed by atoms with Gasteiger partial charge in [-0.05, 0) is 25.7 Å². The van der Waals surface area contributed by atoms with Gasteiger partial charge in [0.05, 0.1) is 0 Å². The molecular formula is C16H30N2. The minimum atomic E-state index is 0.358. The molecule has 1 heterocycles. The van der Waals surface area contributed by atoms with Gasteiger partial charge < -0.3 is 5.32 Å². The summed E-state index contributed by atoms with van der Waals surface area (Å²) in [6.45, 7) is 12.1. The maximum Gasteiger partial charge on any atom is 0.0333 e. The Hall–Kier alpha value is -0.340. The molecule has 0 amide bonds. The second-order valence-electron chi connectivity index (χ2n) is 6.30. The number of rotatable bonds is 4. The van der Waals surface area contributed by atoms with Crippen LogP contribution in [0.25, 0.3) is 0 Å². The van der Waals surface area contributed by atoms with Crippen molar-refractivity contribution in [1.29, 1.82) is 0 Å². The van der Waals surface area contributed by atoms with Crippen molar-refractivity contribution in [1.82, 2.24) is 10.2 Å². The molecule has 18 heavy (non-hydrogen) atoms. The molecule has 0 unspecified atom stereocenters. The van der Waals surface area contributed by atoms with E-state index in [-0.39, 0.29) is 0 Å². The SMILES string of the molecule is C=CCN1CC2(CCCCC2)NCC1(CC)CC. The van der Waals surface area contributed by atoms with Crippen molar-refractivity contribution >= 4 is 0 Å². The summed E-state index contributed by atoms with van der Waals surface area (Å²) in [4.78, 5) is 2.71. The van der Waals surface area contributed by atoms with Gasteiger partial charge in [0.1, 0.15) is 0 Å². The minimum Gasteiger partial charge on any atom is -0.308 e. The lowest BCUT2D eigenvalue weighted by atomic mass is 9.76. The molecule has 1 saturated carbocycles. The first kappa shape index (κ1) is 14.1. The van der Waals surface area contributed by atoms with Crippen molar-refractivity contribution in [3.8, 4) is 0 Å². The number of hydrogen-bond donors (Lipinski definition) is 1. The Bertz CT molecular complexity index is 275. The third kappa shape index (κ3) is 2.50. The summed E-state index contributed by atoms with van der Waals surface area (Å²) in [6, 6.07) is 0. The summed E-state index contributed by atoms with van der Waals surface area (Å²) in [7, 11) is 0. The Morgan fingerprint density at radius 2 is 1.83 bits per heavy atom. The quantitative estimate of drug-likeness (QED) is 0.770. The van der Waals surface area contributed by atoms with Crippen LogP contribution in [-0.2, 0) is 0 Å². The maximum absolute atomic E-state index is 3.96. The highest BCUT2D eigenvalue weighted by Gasteiger charge is 2.45. The zero-order valence-electron chi connectivity index (χ0n) is 12.3. The van der Waals surface area contributed by atoms with Crippen molar-refractivity contribution in [3.63, 3.8) is 0 Å². The van der Waals surface area contributed by atoms with Crippen molar-refractivity contribution in [2.45, 2.75) is 69.9 Å². The van der Waals surface area contributed by atoms with Gasteiger partial charge in [0.2, 0.25) is 0 Å². The second kappa shape index (κ2) is 5.75. The van der Waals surface area contributed by atoms with E-state index in [4.69, 9.17) is 0 Å². The van der Waals surface area contributed by atoms with E-state index < -0.39 is 0 Å². The Morgan fingerprint density at radius 1 is 1.17 bits per heavy atom. The highest BCUT2D eigenvalue weighted by molar-refractivity contribution is 5.06. The molecule has 0 radical (unpaired) electrons. The van der Waals surface area contributed by atoms with Gasteiger partial charge in [0, 0.05) is 30.7 Å². The molecule has 1 aliphatic heterocycles. The minimum absolute atomic E-state index is 0.358. The highest BCUT2D eigenvalue weighted by atomic mass is 15.3. The van der Waals surface area contributed by atoms with Gasteiger partial charge >= 0.3 is 0 Å². The molecule has 1 saturated heterocycles. The van der Waals surface area contributed by atoms with E-state index in [2.05, 4.69) is 36.7 Å². The van der Waals surface area contributed by atoms with E-state index in [0.717, 1.165) is 13.1 Å². The first-order chi connectivity index (χ1) is 8.70. The van der Waals surface area contributed by atoms with Crippen LogP contribution in [0.15, 0.2) is 12.7 Å². The van der Waals surface area contributed by atoms with Crippen LogP contribution in [0, 0.1) is 0 Å². The fraction of sp³-hybridized carbons (Fsp3) is 0.875. The average molecular weight is 250 g/mol. The molecule has 0 aromatic heterocycles. The van der Waals surface area contributed by atoms with Gasteiger partial charge in [-0.2, -0.15) is 0 Å². The Morgan fingerprint density at radius 3 is 2.39 bits per heavy atom. The predicted octanol–water partition coefficient (Wildman–Crippen LogP) is 3.34. The lowest BCUT2D eigenvalue weighted by Gasteiger charge is -2.55. The summed E-state index contributed by atoms with van der Waals surface area (Å²) in [5.74, 6) is 0. The van der Waals surface area contributed by atoms with E-state index in [1.165, 1.54) is 51.5 Å². The van der Waals surface area contributed by atoms with Gasteiger partial charge in [0.25, 0.3) is 0 Å². The Kier molecular flexibility index (Phi) is 4.50. The second-order valence-corrected chi connectivity index (χ2v) is 6.30. The van der Waals surface area contributed by atoms with Crippen LogP contribution in [0.4, 0.5) is 0 Å². The van der Waals surface area contributed by atoms with Crippen LogP contribution in [0.2, 0.25) is 0 Å². The van der Waals surface area contributed by atoms with E-state index in [1.54, 1.807) is 0 Å². The molecule has 0 aromatic rings. The standard InChI is InChI=1S/C16H30N2/c1-4-12-18-14-15(10-8-7-9-11-15)17-13-16(18,5-2)6-3/h4,17H,1,5-14H2,2-3H3. The van der Waals surface area contributed by atoms with E-state index in [9.17, 15) is 0 Å². The number of hydrogen-bond acceptors (Lipinski definition) is 2. The lowest BCUT2D eigenvalue weighted by molar-refractivity contribution is -0.00598. The van der Waals surface area contributed by atoms with Gasteiger partial charge in [-0.15, -0.1) is 6.58 Å². The summed E-state index contributed by atoms with van der Waals surface area (Å²) < 4.78 is 0. The molecular weight excluding hydrogens is 220 g/mol. The third-order valence-corrected chi connectivity index (χ3v) is 5.43. The molecule has 1 spiro atoms. The molecule has 0 atom stereocenters. The molecule has 1 N–H and O–H groups in total. The van der Waals surface area contributed by atoms with Crippen molar-refractivity contribution in [2.24, 2.45) is 0 Å². The molecule has 104 valence electrons. The summed E-state index contributed by atoms with van der Waals surface area (Å²) in [5.41, 5.74) is 0.770. The van der Waals surface area contributed by atoms with Crippen LogP contribution < -0.4 is 5.32 Å². The zero-order chi connectivity index (χ0) is 13.1. The smallest absolute Gasteiger partial charge is 0.0333 e. The average Bonchev–Trinajstić information content (AvgIpc) is 2.41. The first-order valence-corrected chi connectivity index (χ1v) is 7.81. The molecule has 2 heteroatoms. The molecule has 2 nitrogen and oxygen atoms in total. The van der Waals surface area contributed by atoms with E-state index >= 15 is 0 Å². The molecule has 2 fully saturated rings. The Labute approximate surface area is 113 Å². The van der Waals surface area contributed by atoms with Crippen LogP contribution in [0.3, 0.4) is 0 Å². The van der Waals surface area contributed by atoms with Crippen molar-refractivity contribution in [2.75, 3.05) is 19.6 Å². The van der Waals surface area contributed by atoms with Crippen LogP contribution in [-0.4, -0.2) is 35.6 Å². The largest absolute Gasteiger partial charge is 0.308 e. The van der Waals surface area contributed by atoms with Crippen LogP contribution in [0.1, 0.15) is 58.8 Å². The first-order valence-electron chi connectivity index (χ1n) is 7.81. The number of nitrogens with one attached hydrogen (secondary N) is 1. The lowest BCUT2D eigenvalue weighted by Crippen LogP contribution is -2.70. The topological polar surface area (TPSA) is 15.3 Å². The monoisotopic (exact) mass is 250 g/mol. The van der Waals surface area contributed by atoms with Gasteiger partial charge in [-0.3, -0.25) is 4.90 Å². The molecule has 1 aliphatic carbocycles. The number of nitrogens with zero attached hydrogens (tertiary/aromatic N) is 1. The fourth-order valence-electron chi connectivity index (χ4n) is 3.98. The maximum atomic E-state index is 3.96. The molecule has 0 bridgehead atoms. The summed E-state index contributed by atoms with van der Waals surface area (Å²) in [6.07, 6.45) is 11.5. The molecule has 2 rings (SSSR count). The van der Waals surface area contributed by atoms with E-state index in [1.807, 2.05) is 0 Å². The fourth-order valence-corrected chi connectivity index (χ4v) is 3.98. The van der Waals surface area contributed by atoms with Gasteiger partial charge in [-0.1, -0.05) is 39.2 Å². The van der Waals surface area contributed by atoms with Crippen molar-refractivity contribution in [3.05, 3.63) is 12.7 Å². The summed E-state index contributed by atoms with van der Waals surface area (Å²) >= 11 is 0. The predicted molar refractivity (Wildman–Crippen MR) is 78.9 cm³/mol. The van der Waals surface area contributed by atoms with Crippen LogP contribution in [0.5, 0.6) is 0 Å². The van der Waals surface area contributed by atoms with Crippen molar-refractivity contribution < 1.29 is 0 Å². The van der Waals surface area contributed by atoms with Gasteiger partial charge in [0.15, 0.2) is 0 Å². The highest BCUT2D eigenvalue weighted by Crippen LogP contribution is 2.36. The third-order valence-electron chi connectivity index (χ3n) is 5.43. The normalized spacial score (nSPS) is 27.2. The van der Waals surface area contributed by atoms with Gasteiger partial charge in [-0.25, -0.2) is 0 Å². The number of piperazine rings is 1. The summed E-state index contributed by atoms with van der Waals surface area (Å²) in [5, 5.41) is 3.94. The Balaban J connectivity index is 2.13. The van der Waals surface area contributed by atoms with Crippen LogP contribution >= 0.6 is 0 Å². The molecule has 0 aromatic carbocycles. The zero-order valence-corrected chi connectivity index (χ0v) is 12.3. The molecule has 2 aliphatic rings.